The quantitative estimate of drug-likeness (QED) is 0.733. The Morgan fingerprint density at radius 2 is 1.92 bits per heavy atom. The molecule has 0 amide bonds. The average Bonchev–Trinajstić information content (AvgIpc) is 1.91. The Balaban J connectivity index is 1.97. The summed E-state index contributed by atoms with van der Waals surface area (Å²) in [4.78, 5) is 1.94. The van der Waals surface area contributed by atoms with Gasteiger partial charge in [0.2, 0.25) is 0 Å². The lowest BCUT2D eigenvalue weighted by atomic mass is 10.0. The minimum Gasteiger partial charge on any atom is -0.396 e. The van der Waals surface area contributed by atoms with E-state index in [0.717, 1.165) is 13.1 Å². The summed E-state index contributed by atoms with van der Waals surface area (Å²) in [7, 11) is 0. The third kappa shape index (κ3) is 3.95. The minimum atomic E-state index is -4.03. The van der Waals surface area contributed by atoms with E-state index in [0.29, 0.717) is 6.54 Å². The molecular formula is C8H14F3NO. The van der Waals surface area contributed by atoms with Gasteiger partial charge in [-0.3, -0.25) is 0 Å². The highest BCUT2D eigenvalue weighted by Crippen LogP contribution is 2.22. The average molecular weight is 197 g/mol. The fraction of sp³-hybridized carbons (Fsp3) is 1.00. The third-order valence-corrected chi connectivity index (χ3v) is 2.23. The smallest absolute Gasteiger partial charge is 0.389 e. The number of alkyl halides is 3. The monoisotopic (exact) mass is 197 g/mol. The van der Waals surface area contributed by atoms with Crippen molar-refractivity contribution < 1.29 is 18.3 Å². The minimum absolute atomic E-state index is 0.149. The first kappa shape index (κ1) is 10.8. The number of hydrogen-bond acceptors (Lipinski definition) is 2. The first-order valence-corrected chi connectivity index (χ1v) is 4.41. The normalized spacial score (nSPS) is 20.3. The molecule has 1 fully saturated rings. The number of aliphatic hydroxyl groups excluding tert-OH is 1. The summed E-state index contributed by atoms with van der Waals surface area (Å²) >= 11 is 0. The molecule has 1 aliphatic heterocycles. The second-order valence-electron chi connectivity index (χ2n) is 3.53. The van der Waals surface area contributed by atoms with Crippen molar-refractivity contribution >= 4 is 0 Å². The molecule has 1 saturated heterocycles. The van der Waals surface area contributed by atoms with Gasteiger partial charge in [-0.15, -0.1) is 0 Å². The molecule has 1 aliphatic rings. The van der Waals surface area contributed by atoms with Gasteiger partial charge in [-0.25, -0.2) is 0 Å². The van der Waals surface area contributed by atoms with Gasteiger partial charge in [0.05, 0.1) is 0 Å². The van der Waals surface area contributed by atoms with Gasteiger partial charge in [0.25, 0.3) is 0 Å². The van der Waals surface area contributed by atoms with E-state index in [2.05, 4.69) is 0 Å². The number of aliphatic hydroxyl groups is 1. The van der Waals surface area contributed by atoms with E-state index in [1.807, 2.05) is 4.90 Å². The van der Waals surface area contributed by atoms with Crippen molar-refractivity contribution in [1.29, 1.82) is 0 Å². The molecule has 0 atom stereocenters. The number of hydrogen-bond donors (Lipinski definition) is 1. The van der Waals surface area contributed by atoms with Gasteiger partial charge in [-0.1, -0.05) is 0 Å². The first-order valence-electron chi connectivity index (χ1n) is 4.41. The molecule has 2 nitrogen and oxygen atoms in total. The van der Waals surface area contributed by atoms with Gasteiger partial charge in [-0.2, -0.15) is 13.2 Å². The molecule has 13 heavy (non-hydrogen) atoms. The Labute approximate surface area is 75.3 Å². The maximum atomic E-state index is 11.7. The Bertz CT molecular complexity index is 154. The van der Waals surface area contributed by atoms with Crippen LogP contribution in [0.3, 0.4) is 0 Å². The third-order valence-electron chi connectivity index (χ3n) is 2.23. The summed E-state index contributed by atoms with van der Waals surface area (Å²) in [6.45, 7) is 2.13. The summed E-state index contributed by atoms with van der Waals surface area (Å²) < 4.78 is 35.1. The first-order chi connectivity index (χ1) is 6.01. The van der Waals surface area contributed by atoms with Crippen molar-refractivity contribution in [3.8, 4) is 0 Å². The zero-order chi connectivity index (χ0) is 9.90. The highest BCUT2D eigenvalue weighted by Gasteiger charge is 2.29. The molecule has 0 aliphatic carbocycles. The molecule has 0 saturated carbocycles. The van der Waals surface area contributed by atoms with Gasteiger partial charge in [0, 0.05) is 32.0 Å². The summed E-state index contributed by atoms with van der Waals surface area (Å²) in [6.07, 6.45) is -4.56. The molecule has 1 rings (SSSR count). The lowest BCUT2D eigenvalue weighted by molar-refractivity contribution is -0.137. The highest BCUT2D eigenvalue weighted by molar-refractivity contribution is 4.78. The van der Waals surface area contributed by atoms with E-state index in [1.165, 1.54) is 0 Å². The second kappa shape index (κ2) is 4.28. The Kier molecular flexibility index (Phi) is 3.55. The number of rotatable bonds is 4. The molecule has 1 N–H and O–H groups in total. The number of nitrogens with zero attached hydrogens (tertiary/aromatic N) is 1. The fourth-order valence-corrected chi connectivity index (χ4v) is 1.48. The van der Waals surface area contributed by atoms with Crippen LogP contribution in [0.15, 0.2) is 0 Å². The molecular weight excluding hydrogens is 183 g/mol. The molecule has 78 valence electrons. The van der Waals surface area contributed by atoms with Gasteiger partial charge in [-0.05, 0) is 13.0 Å². The number of likely N-dealkylation sites (tertiary alicyclic amines) is 1. The predicted octanol–water partition coefficient (Wildman–Crippen LogP) is 1.25. The van der Waals surface area contributed by atoms with Gasteiger partial charge in [0.1, 0.15) is 0 Å². The SMILES string of the molecule is OCC1CN(CCCC(F)(F)F)C1. The zero-order valence-electron chi connectivity index (χ0n) is 7.35. The van der Waals surface area contributed by atoms with E-state index in [4.69, 9.17) is 5.11 Å². The van der Waals surface area contributed by atoms with Crippen LogP contribution >= 0.6 is 0 Å². The van der Waals surface area contributed by atoms with Crippen molar-refractivity contribution in [2.75, 3.05) is 26.2 Å². The zero-order valence-corrected chi connectivity index (χ0v) is 7.35. The predicted molar refractivity (Wildman–Crippen MR) is 42.3 cm³/mol. The van der Waals surface area contributed by atoms with Crippen LogP contribution in [0.4, 0.5) is 13.2 Å². The summed E-state index contributed by atoms with van der Waals surface area (Å²) in [5.74, 6) is 0.283. The molecule has 1 heterocycles. The topological polar surface area (TPSA) is 23.5 Å². The van der Waals surface area contributed by atoms with Gasteiger partial charge < -0.3 is 10.0 Å². The van der Waals surface area contributed by atoms with E-state index in [1.54, 1.807) is 0 Å². The molecule has 0 aromatic carbocycles. The van der Waals surface area contributed by atoms with E-state index in [9.17, 15) is 13.2 Å². The van der Waals surface area contributed by atoms with Crippen molar-refractivity contribution in [2.45, 2.75) is 19.0 Å². The largest absolute Gasteiger partial charge is 0.396 e. The molecule has 0 unspecified atom stereocenters. The molecule has 0 spiro atoms. The summed E-state index contributed by atoms with van der Waals surface area (Å²) in [5.41, 5.74) is 0. The second-order valence-corrected chi connectivity index (χ2v) is 3.53. The maximum absolute atomic E-state index is 11.7. The highest BCUT2D eigenvalue weighted by atomic mass is 19.4. The van der Waals surface area contributed by atoms with Crippen molar-refractivity contribution in [3.63, 3.8) is 0 Å². The van der Waals surface area contributed by atoms with Crippen molar-refractivity contribution in [2.24, 2.45) is 5.92 Å². The molecule has 5 heteroatoms. The van der Waals surface area contributed by atoms with Crippen molar-refractivity contribution in [3.05, 3.63) is 0 Å². The lowest BCUT2D eigenvalue weighted by Gasteiger charge is -2.38. The fourth-order valence-electron chi connectivity index (χ4n) is 1.48. The maximum Gasteiger partial charge on any atom is 0.389 e. The Morgan fingerprint density at radius 3 is 2.38 bits per heavy atom. The van der Waals surface area contributed by atoms with Crippen LogP contribution in [-0.2, 0) is 0 Å². The van der Waals surface area contributed by atoms with Crippen molar-refractivity contribution in [1.82, 2.24) is 4.90 Å². The molecule has 0 aromatic heterocycles. The van der Waals surface area contributed by atoms with Crippen LogP contribution in [0.25, 0.3) is 0 Å². The molecule has 0 radical (unpaired) electrons. The molecule has 0 aromatic rings. The number of halogens is 3. The Hall–Kier alpha value is -0.290. The van der Waals surface area contributed by atoms with Crippen LogP contribution in [0, 0.1) is 5.92 Å². The van der Waals surface area contributed by atoms with E-state index < -0.39 is 12.6 Å². The van der Waals surface area contributed by atoms with Crippen LogP contribution < -0.4 is 0 Å². The van der Waals surface area contributed by atoms with Crippen LogP contribution in [0.5, 0.6) is 0 Å². The summed E-state index contributed by atoms with van der Waals surface area (Å²) in [5, 5.41) is 8.65. The Morgan fingerprint density at radius 1 is 1.31 bits per heavy atom. The molecule has 0 bridgehead atoms. The van der Waals surface area contributed by atoms with Crippen LogP contribution in [-0.4, -0.2) is 42.4 Å². The van der Waals surface area contributed by atoms with Crippen LogP contribution in [0.1, 0.15) is 12.8 Å². The standard InChI is InChI=1S/C8H14F3NO/c9-8(10,11)2-1-3-12-4-7(5-12)6-13/h7,13H,1-6H2. The lowest BCUT2D eigenvalue weighted by Crippen LogP contribution is -2.48. The van der Waals surface area contributed by atoms with Gasteiger partial charge in [0.15, 0.2) is 0 Å². The van der Waals surface area contributed by atoms with Crippen LogP contribution in [0.2, 0.25) is 0 Å². The van der Waals surface area contributed by atoms with E-state index in [-0.39, 0.29) is 18.9 Å². The summed E-state index contributed by atoms with van der Waals surface area (Å²) in [6, 6.07) is 0. The van der Waals surface area contributed by atoms with Gasteiger partial charge >= 0.3 is 6.18 Å². The van der Waals surface area contributed by atoms with E-state index >= 15 is 0 Å².